The van der Waals surface area contributed by atoms with Crippen molar-refractivity contribution in [1.82, 2.24) is 0 Å². The largest absolute Gasteiger partial charge is 0.618 e. The van der Waals surface area contributed by atoms with Crippen LogP contribution in [0, 0.1) is 31.2 Å². The molecule has 0 unspecified atom stereocenters. The minimum Gasteiger partial charge on any atom is -0.618 e. The summed E-state index contributed by atoms with van der Waals surface area (Å²) >= 11 is 0. The second-order valence-corrected chi connectivity index (χ2v) is 6.13. The summed E-state index contributed by atoms with van der Waals surface area (Å²) in [4.78, 5) is 12.6. The third kappa shape index (κ3) is 3.08. The van der Waals surface area contributed by atoms with E-state index in [9.17, 15) is 15.2 Å². The molecule has 0 amide bonds. The van der Waals surface area contributed by atoms with Crippen LogP contribution in [0.2, 0.25) is 0 Å². The summed E-state index contributed by atoms with van der Waals surface area (Å²) in [6.45, 7) is 5.43. The van der Waals surface area contributed by atoms with Gasteiger partial charge in [0.2, 0.25) is 0 Å². The van der Waals surface area contributed by atoms with E-state index in [2.05, 4.69) is 0 Å². The van der Waals surface area contributed by atoms with Crippen LogP contribution in [0.5, 0.6) is 0 Å². The van der Waals surface area contributed by atoms with E-state index in [0.29, 0.717) is 9.46 Å². The topological polar surface area (TPSA) is 71.0 Å². The predicted octanol–water partition coefficient (Wildman–Crippen LogP) is 2.93. The molecule has 0 N–H and O–H groups in total. The van der Waals surface area contributed by atoms with Gasteiger partial charge in [-0.15, -0.1) is 0 Å². The van der Waals surface area contributed by atoms with Gasteiger partial charge in [-0.2, -0.15) is 9.46 Å². The molecule has 0 aliphatic heterocycles. The van der Waals surface area contributed by atoms with Gasteiger partial charge in [0.25, 0.3) is 22.5 Å². The minimum absolute atomic E-state index is 0.0868. The maximum Gasteiger partial charge on any atom is 0.333 e. The Balaban J connectivity index is 2.07. The molecule has 0 saturated carbocycles. The lowest BCUT2D eigenvalue weighted by molar-refractivity contribution is -0.635. The van der Waals surface area contributed by atoms with E-state index >= 15 is 0 Å². The standard InChI is InChI=1S/C20H18N2O3/c1-13-10-14(2)12-16(11-13)8-9-19(23)20-15(3)21(24)17-6-4-5-7-18(17)22(20)25/h4-12H,1-3H3. The molecule has 0 aliphatic carbocycles. The third-order valence-electron chi connectivity index (χ3n) is 4.07. The highest BCUT2D eigenvalue weighted by molar-refractivity contribution is 6.05. The molecule has 1 aromatic heterocycles. The van der Waals surface area contributed by atoms with E-state index in [-0.39, 0.29) is 22.4 Å². The Hall–Kier alpha value is -3.21. The Labute approximate surface area is 145 Å². The number of nitrogens with zero attached hydrogens (tertiary/aromatic N) is 2. The van der Waals surface area contributed by atoms with Crippen molar-refractivity contribution in [1.29, 1.82) is 0 Å². The summed E-state index contributed by atoms with van der Waals surface area (Å²) < 4.78 is 1.16. The molecule has 1 heterocycles. The number of aromatic nitrogens is 2. The molecule has 0 bridgehead atoms. The molecule has 0 radical (unpaired) electrons. The smallest absolute Gasteiger partial charge is 0.333 e. The number of hydrogen-bond donors (Lipinski definition) is 0. The minimum atomic E-state index is -0.498. The van der Waals surface area contributed by atoms with Crippen LogP contribution in [0.3, 0.4) is 0 Å². The number of rotatable bonds is 3. The number of hydrogen-bond acceptors (Lipinski definition) is 3. The molecule has 5 nitrogen and oxygen atoms in total. The average Bonchev–Trinajstić information content (AvgIpc) is 2.57. The highest BCUT2D eigenvalue weighted by atomic mass is 16.5. The van der Waals surface area contributed by atoms with Gasteiger partial charge in [0.1, 0.15) is 0 Å². The van der Waals surface area contributed by atoms with Gasteiger partial charge in [-0.25, -0.2) is 0 Å². The first-order valence-corrected chi connectivity index (χ1v) is 7.93. The normalized spacial score (nSPS) is 11.3. The maximum atomic E-state index is 12.6. The molecule has 3 rings (SSSR count). The van der Waals surface area contributed by atoms with Crippen LogP contribution in [-0.2, 0) is 0 Å². The van der Waals surface area contributed by atoms with Crippen LogP contribution in [0.15, 0.2) is 48.5 Å². The second-order valence-electron chi connectivity index (χ2n) is 6.13. The lowest BCUT2D eigenvalue weighted by Gasteiger charge is -2.09. The van der Waals surface area contributed by atoms with Crippen molar-refractivity contribution >= 4 is 22.9 Å². The number of ketones is 1. The van der Waals surface area contributed by atoms with E-state index in [1.165, 1.54) is 19.1 Å². The Bertz CT molecular complexity index is 1000. The Kier molecular flexibility index (Phi) is 4.23. The molecular formula is C20H18N2O3. The summed E-state index contributed by atoms with van der Waals surface area (Å²) in [6.07, 6.45) is 2.99. The number of carbonyl (C=O) groups is 1. The van der Waals surface area contributed by atoms with Crippen molar-refractivity contribution in [3.63, 3.8) is 0 Å². The molecule has 0 fully saturated rings. The van der Waals surface area contributed by atoms with E-state index < -0.39 is 5.78 Å². The van der Waals surface area contributed by atoms with Crippen molar-refractivity contribution in [2.75, 3.05) is 0 Å². The predicted molar refractivity (Wildman–Crippen MR) is 95.9 cm³/mol. The SMILES string of the molecule is Cc1cc(C)cc(C=CC(=O)c2c(C)[n+]([O-])c3ccccc3[n+]2[O-])c1. The molecule has 5 heteroatoms. The number of para-hydroxylation sites is 2. The zero-order chi connectivity index (χ0) is 18.1. The van der Waals surface area contributed by atoms with Crippen molar-refractivity contribution in [2.24, 2.45) is 0 Å². The number of allylic oxidation sites excluding steroid dienone is 1. The first-order valence-electron chi connectivity index (χ1n) is 7.93. The summed E-state index contributed by atoms with van der Waals surface area (Å²) in [6, 6.07) is 12.4. The Morgan fingerprint density at radius 2 is 1.48 bits per heavy atom. The Morgan fingerprint density at radius 1 is 0.920 bits per heavy atom. The summed E-state index contributed by atoms with van der Waals surface area (Å²) in [5, 5.41) is 24.9. The maximum absolute atomic E-state index is 12.6. The van der Waals surface area contributed by atoms with Gasteiger partial charge < -0.3 is 10.4 Å². The Morgan fingerprint density at radius 3 is 2.08 bits per heavy atom. The van der Waals surface area contributed by atoms with Crippen LogP contribution >= 0.6 is 0 Å². The van der Waals surface area contributed by atoms with Gasteiger partial charge in [0.05, 0.1) is 0 Å². The lowest BCUT2D eigenvalue weighted by atomic mass is 10.1. The summed E-state index contributed by atoms with van der Waals surface area (Å²) in [5.74, 6) is -0.498. The van der Waals surface area contributed by atoms with Gasteiger partial charge in [-0.05, 0) is 25.5 Å². The lowest BCUT2D eigenvalue weighted by Crippen LogP contribution is -2.46. The highest BCUT2D eigenvalue weighted by Gasteiger charge is 2.28. The van der Waals surface area contributed by atoms with Crippen LogP contribution in [0.4, 0.5) is 0 Å². The van der Waals surface area contributed by atoms with E-state index in [0.717, 1.165) is 16.7 Å². The fourth-order valence-corrected chi connectivity index (χ4v) is 2.99. The van der Waals surface area contributed by atoms with Gasteiger partial charge in [-0.3, -0.25) is 4.79 Å². The summed E-state index contributed by atoms with van der Waals surface area (Å²) in [7, 11) is 0. The van der Waals surface area contributed by atoms with E-state index in [1.807, 2.05) is 32.0 Å². The quantitative estimate of drug-likeness (QED) is 0.320. The van der Waals surface area contributed by atoms with Crippen molar-refractivity contribution in [3.8, 4) is 0 Å². The van der Waals surface area contributed by atoms with Gasteiger partial charge in [0.15, 0.2) is 0 Å². The molecule has 2 aromatic carbocycles. The molecule has 0 spiro atoms. The van der Waals surface area contributed by atoms with E-state index in [4.69, 9.17) is 0 Å². The zero-order valence-corrected chi connectivity index (χ0v) is 14.3. The van der Waals surface area contributed by atoms with Crippen LogP contribution in [-0.4, -0.2) is 5.78 Å². The zero-order valence-electron chi connectivity index (χ0n) is 14.3. The van der Waals surface area contributed by atoms with Crippen molar-refractivity contribution in [3.05, 3.63) is 87.0 Å². The third-order valence-corrected chi connectivity index (χ3v) is 4.07. The van der Waals surface area contributed by atoms with Gasteiger partial charge in [0, 0.05) is 19.1 Å². The van der Waals surface area contributed by atoms with Crippen molar-refractivity contribution < 1.29 is 14.3 Å². The van der Waals surface area contributed by atoms with Crippen molar-refractivity contribution in [2.45, 2.75) is 20.8 Å². The van der Waals surface area contributed by atoms with Crippen LogP contribution < -0.4 is 9.46 Å². The number of benzene rings is 2. The molecule has 25 heavy (non-hydrogen) atoms. The first-order chi connectivity index (χ1) is 11.9. The number of fused-ring (bicyclic) bond motifs is 1. The van der Waals surface area contributed by atoms with Gasteiger partial charge in [-0.1, -0.05) is 47.5 Å². The fourth-order valence-electron chi connectivity index (χ4n) is 2.99. The number of aryl methyl sites for hydroxylation is 2. The monoisotopic (exact) mass is 334 g/mol. The number of carbonyl (C=O) groups excluding carboxylic acids is 1. The molecule has 3 aromatic rings. The second kappa shape index (κ2) is 6.36. The molecule has 0 aliphatic rings. The van der Waals surface area contributed by atoms with E-state index in [1.54, 1.807) is 24.3 Å². The molecular weight excluding hydrogens is 316 g/mol. The molecule has 0 atom stereocenters. The first kappa shape index (κ1) is 16.6. The molecule has 0 saturated heterocycles. The molecule has 126 valence electrons. The van der Waals surface area contributed by atoms with Gasteiger partial charge >= 0.3 is 5.69 Å². The average molecular weight is 334 g/mol. The highest BCUT2D eigenvalue weighted by Crippen LogP contribution is 2.13. The summed E-state index contributed by atoms with van der Waals surface area (Å²) in [5.41, 5.74) is 3.39. The van der Waals surface area contributed by atoms with Crippen LogP contribution in [0.1, 0.15) is 32.9 Å². The fraction of sp³-hybridized carbons (Fsp3) is 0.150. The van der Waals surface area contributed by atoms with Crippen LogP contribution in [0.25, 0.3) is 17.1 Å².